The second-order valence-corrected chi connectivity index (χ2v) is 9.96. The van der Waals surface area contributed by atoms with Crippen molar-refractivity contribution in [2.24, 2.45) is 5.41 Å². The van der Waals surface area contributed by atoms with Crippen molar-refractivity contribution in [2.45, 2.75) is 26.9 Å². The van der Waals surface area contributed by atoms with E-state index in [-0.39, 0.29) is 11.3 Å². The molecule has 3 aromatic rings. The molecule has 0 bridgehead atoms. The van der Waals surface area contributed by atoms with Gasteiger partial charge < -0.3 is 39.1 Å². The van der Waals surface area contributed by atoms with Gasteiger partial charge in [-0.2, -0.15) is 0 Å². The molecule has 3 rings (SSSR count). The Morgan fingerprint density at radius 1 is 0.868 bits per heavy atom. The number of methoxy groups -OCH3 is 1. The second-order valence-electron chi connectivity index (χ2n) is 9.96. The molecule has 9 nitrogen and oxygen atoms in total. The number of aromatic nitrogens is 1. The molecule has 1 aromatic heterocycles. The topological polar surface area (TPSA) is 111 Å². The Hall–Kier alpha value is -2.95. The van der Waals surface area contributed by atoms with Gasteiger partial charge in [0.15, 0.2) is 0 Å². The number of amides is 1. The summed E-state index contributed by atoms with van der Waals surface area (Å²) >= 11 is 0. The van der Waals surface area contributed by atoms with E-state index >= 15 is 0 Å². The molecule has 0 spiro atoms. The highest BCUT2D eigenvalue weighted by atomic mass is 16.6. The Morgan fingerprint density at radius 2 is 1.47 bits per heavy atom. The molecule has 1 heterocycles. The summed E-state index contributed by atoms with van der Waals surface area (Å²) in [5.74, 6) is 0.441. The first-order valence-corrected chi connectivity index (χ1v) is 12.8. The number of aliphatic hydroxyl groups is 1. The van der Waals surface area contributed by atoms with Crippen LogP contribution in [-0.2, 0) is 18.9 Å². The molecular weight excluding hydrogens is 488 g/mol. The van der Waals surface area contributed by atoms with Gasteiger partial charge >= 0.3 is 0 Å². The normalized spacial score (nSPS) is 12.6. The lowest BCUT2D eigenvalue weighted by Crippen LogP contribution is -2.17. The van der Waals surface area contributed by atoms with Crippen molar-refractivity contribution in [1.29, 1.82) is 0 Å². The number of benzene rings is 2. The maximum Gasteiger partial charge on any atom is 0.272 e. The predicted octanol–water partition coefficient (Wildman–Crippen LogP) is 4.57. The molecule has 1 unspecified atom stereocenters. The average molecular weight is 529 g/mol. The zero-order valence-corrected chi connectivity index (χ0v) is 22.7. The number of carbonyl (C=O) groups is 1. The number of hydrogen-bond acceptors (Lipinski definition) is 7. The third-order valence-electron chi connectivity index (χ3n) is 5.81. The van der Waals surface area contributed by atoms with E-state index in [0.717, 1.165) is 16.5 Å². The monoisotopic (exact) mass is 528 g/mol. The molecule has 0 aliphatic heterocycles. The summed E-state index contributed by atoms with van der Waals surface area (Å²) < 4.78 is 26.8. The second kappa shape index (κ2) is 14.8. The van der Waals surface area contributed by atoms with Crippen LogP contribution in [-0.4, -0.2) is 76.0 Å². The number of hydrogen-bond donors (Lipinski definition) is 3. The molecule has 0 saturated heterocycles. The zero-order chi connectivity index (χ0) is 27.4. The van der Waals surface area contributed by atoms with E-state index in [4.69, 9.17) is 23.7 Å². The van der Waals surface area contributed by atoms with Crippen LogP contribution in [0.4, 0.5) is 5.69 Å². The molecule has 0 aliphatic carbocycles. The van der Waals surface area contributed by atoms with Crippen molar-refractivity contribution in [2.75, 3.05) is 65.3 Å². The lowest BCUT2D eigenvalue weighted by molar-refractivity contribution is 0.000164. The average Bonchev–Trinajstić information content (AvgIpc) is 3.33. The number of carbonyl (C=O) groups excluding carboxylic acids is 1. The zero-order valence-electron chi connectivity index (χ0n) is 22.7. The van der Waals surface area contributed by atoms with E-state index in [2.05, 4.69) is 10.3 Å². The highest BCUT2D eigenvalue weighted by Gasteiger charge is 2.24. The van der Waals surface area contributed by atoms with Crippen molar-refractivity contribution < 1.29 is 33.6 Å². The van der Waals surface area contributed by atoms with Gasteiger partial charge in [0.05, 0.1) is 52.4 Å². The fourth-order valence-electron chi connectivity index (χ4n) is 3.68. The molecule has 208 valence electrons. The van der Waals surface area contributed by atoms with Crippen LogP contribution in [0.1, 0.15) is 42.9 Å². The van der Waals surface area contributed by atoms with Crippen molar-refractivity contribution in [3.8, 4) is 5.75 Å². The number of ether oxygens (including phenoxy) is 5. The minimum atomic E-state index is -0.595. The van der Waals surface area contributed by atoms with Crippen LogP contribution in [0.15, 0.2) is 48.5 Å². The first kappa shape index (κ1) is 29.6. The lowest BCUT2D eigenvalue weighted by atomic mass is 9.84. The van der Waals surface area contributed by atoms with Gasteiger partial charge in [-0.15, -0.1) is 0 Å². The number of aliphatic hydroxyl groups excluding tert-OH is 1. The van der Waals surface area contributed by atoms with Gasteiger partial charge in [0, 0.05) is 23.7 Å². The van der Waals surface area contributed by atoms with Crippen LogP contribution in [0.2, 0.25) is 0 Å². The standard InChI is InChI=1S/C29H40N2O7/c1-29(2,3)27(32)21-5-10-25-22(19-21)20-26(31-25)28(33)30-23-6-8-24(9-7-23)38-18-17-37-16-15-36-14-13-35-12-11-34-4/h5-10,19-20,27,31-32H,11-18H2,1-4H3,(H,30,33). The summed E-state index contributed by atoms with van der Waals surface area (Å²) in [6, 6.07) is 14.7. The van der Waals surface area contributed by atoms with Crippen LogP contribution in [0.5, 0.6) is 5.75 Å². The third-order valence-corrected chi connectivity index (χ3v) is 5.81. The van der Waals surface area contributed by atoms with Gasteiger partial charge in [-0.1, -0.05) is 26.8 Å². The Kier molecular flexibility index (Phi) is 11.6. The molecule has 3 N–H and O–H groups in total. The Bertz CT molecular complexity index is 1120. The molecule has 0 aliphatic rings. The summed E-state index contributed by atoms with van der Waals surface area (Å²) in [6.07, 6.45) is -0.595. The lowest BCUT2D eigenvalue weighted by Gasteiger charge is -2.26. The summed E-state index contributed by atoms with van der Waals surface area (Å²) in [6.45, 7) is 10.0. The Morgan fingerprint density at radius 3 is 2.08 bits per heavy atom. The third kappa shape index (κ3) is 9.41. The van der Waals surface area contributed by atoms with E-state index in [1.54, 1.807) is 37.4 Å². The number of aromatic amines is 1. The van der Waals surface area contributed by atoms with Crippen LogP contribution in [0.25, 0.3) is 10.9 Å². The quantitative estimate of drug-likeness (QED) is 0.234. The molecular formula is C29H40N2O7. The number of H-pyrrole nitrogens is 1. The van der Waals surface area contributed by atoms with E-state index in [1.165, 1.54) is 0 Å². The molecule has 38 heavy (non-hydrogen) atoms. The predicted molar refractivity (Wildman–Crippen MR) is 147 cm³/mol. The molecule has 0 fully saturated rings. The van der Waals surface area contributed by atoms with Crippen molar-refractivity contribution in [3.63, 3.8) is 0 Å². The molecule has 0 saturated carbocycles. The number of nitrogens with one attached hydrogen (secondary N) is 2. The summed E-state index contributed by atoms with van der Waals surface area (Å²) in [5.41, 5.74) is 2.49. The molecule has 9 heteroatoms. The van der Waals surface area contributed by atoms with E-state index in [0.29, 0.717) is 70.0 Å². The Labute approximate surface area is 224 Å². The number of anilines is 1. The maximum atomic E-state index is 12.8. The number of fused-ring (bicyclic) bond motifs is 1. The van der Waals surface area contributed by atoms with Gasteiger partial charge in [-0.25, -0.2) is 0 Å². The van der Waals surface area contributed by atoms with Crippen LogP contribution in [0, 0.1) is 5.41 Å². The van der Waals surface area contributed by atoms with E-state index < -0.39 is 6.10 Å². The van der Waals surface area contributed by atoms with Gasteiger partial charge in [-0.05, 0) is 53.4 Å². The minimum Gasteiger partial charge on any atom is -0.491 e. The van der Waals surface area contributed by atoms with E-state index in [9.17, 15) is 9.90 Å². The molecule has 1 amide bonds. The molecule has 1 atom stereocenters. The van der Waals surface area contributed by atoms with E-state index in [1.807, 2.05) is 39.0 Å². The fourth-order valence-corrected chi connectivity index (χ4v) is 3.68. The first-order chi connectivity index (χ1) is 18.3. The van der Waals surface area contributed by atoms with Gasteiger partial charge in [0.25, 0.3) is 5.91 Å². The Balaban J connectivity index is 1.37. The van der Waals surface area contributed by atoms with Crippen LogP contribution < -0.4 is 10.1 Å². The highest BCUT2D eigenvalue weighted by molar-refractivity contribution is 6.06. The molecule has 0 radical (unpaired) electrons. The van der Waals surface area contributed by atoms with Crippen LogP contribution in [0.3, 0.4) is 0 Å². The maximum absolute atomic E-state index is 12.8. The van der Waals surface area contributed by atoms with Gasteiger partial charge in [0.1, 0.15) is 18.1 Å². The highest BCUT2D eigenvalue weighted by Crippen LogP contribution is 2.34. The van der Waals surface area contributed by atoms with Gasteiger partial charge in [0.2, 0.25) is 0 Å². The summed E-state index contributed by atoms with van der Waals surface area (Å²) in [5, 5.41) is 14.3. The summed E-state index contributed by atoms with van der Waals surface area (Å²) in [7, 11) is 1.64. The first-order valence-electron chi connectivity index (χ1n) is 12.8. The smallest absolute Gasteiger partial charge is 0.272 e. The molecule has 2 aromatic carbocycles. The van der Waals surface area contributed by atoms with Crippen molar-refractivity contribution in [3.05, 3.63) is 59.8 Å². The van der Waals surface area contributed by atoms with Gasteiger partial charge in [-0.3, -0.25) is 4.79 Å². The fraction of sp³-hybridized carbons (Fsp3) is 0.483. The summed E-state index contributed by atoms with van der Waals surface area (Å²) in [4.78, 5) is 15.9. The minimum absolute atomic E-state index is 0.245. The van der Waals surface area contributed by atoms with Crippen molar-refractivity contribution in [1.82, 2.24) is 4.98 Å². The van der Waals surface area contributed by atoms with Crippen LogP contribution >= 0.6 is 0 Å². The number of rotatable bonds is 16. The SMILES string of the molecule is COCCOCCOCCOCCOc1ccc(NC(=O)c2cc3cc(C(O)C(C)(C)C)ccc3[nH]2)cc1. The van der Waals surface area contributed by atoms with Crippen molar-refractivity contribution >= 4 is 22.5 Å². The largest absolute Gasteiger partial charge is 0.491 e.